The van der Waals surface area contributed by atoms with Gasteiger partial charge in [-0.2, -0.15) is 0 Å². The Morgan fingerprint density at radius 1 is 0.967 bits per heavy atom. The molecule has 0 saturated carbocycles. The highest BCUT2D eigenvalue weighted by Crippen LogP contribution is 2.38. The quantitative estimate of drug-likeness (QED) is 0.334. The molecule has 0 aliphatic heterocycles. The van der Waals surface area contributed by atoms with Gasteiger partial charge in [-0.1, -0.05) is 18.2 Å². The molecule has 0 bridgehead atoms. The monoisotopic (exact) mass is 414 g/mol. The zero-order chi connectivity index (χ0) is 21.8. The van der Waals surface area contributed by atoms with Crippen LogP contribution in [0.25, 0.3) is 0 Å². The van der Waals surface area contributed by atoms with E-state index in [1.807, 2.05) is 18.2 Å². The maximum atomic E-state index is 5.42. The molecule has 2 N–H and O–H groups in total. The van der Waals surface area contributed by atoms with Gasteiger partial charge >= 0.3 is 0 Å². The number of benzene rings is 2. The average molecular weight is 415 g/mol. The van der Waals surface area contributed by atoms with Crippen molar-refractivity contribution < 1.29 is 14.2 Å². The largest absolute Gasteiger partial charge is 0.493 e. The number of para-hydroxylation sites is 1. The van der Waals surface area contributed by atoms with Gasteiger partial charge in [0, 0.05) is 32.4 Å². The van der Waals surface area contributed by atoms with Crippen LogP contribution in [0.2, 0.25) is 0 Å². The lowest BCUT2D eigenvalue weighted by molar-refractivity contribution is 0.324. The van der Waals surface area contributed by atoms with Crippen molar-refractivity contribution in [2.75, 3.05) is 52.9 Å². The van der Waals surface area contributed by atoms with Gasteiger partial charge in [-0.15, -0.1) is 0 Å². The van der Waals surface area contributed by atoms with E-state index in [1.165, 1.54) is 5.69 Å². The summed E-state index contributed by atoms with van der Waals surface area (Å²) < 4.78 is 16.2. The Morgan fingerprint density at radius 3 is 2.20 bits per heavy atom. The molecule has 30 heavy (non-hydrogen) atoms. The van der Waals surface area contributed by atoms with Crippen LogP contribution in [-0.2, 0) is 6.54 Å². The second-order valence-electron chi connectivity index (χ2n) is 6.77. The summed E-state index contributed by atoms with van der Waals surface area (Å²) in [5, 5.41) is 6.69. The van der Waals surface area contributed by atoms with Gasteiger partial charge in [-0.3, -0.25) is 0 Å². The van der Waals surface area contributed by atoms with Crippen LogP contribution in [0.15, 0.2) is 47.5 Å². The lowest BCUT2D eigenvalue weighted by Crippen LogP contribution is -2.38. The molecule has 0 amide bonds. The van der Waals surface area contributed by atoms with Crippen molar-refractivity contribution in [3.8, 4) is 17.2 Å². The van der Waals surface area contributed by atoms with Gasteiger partial charge in [0.1, 0.15) is 0 Å². The summed E-state index contributed by atoms with van der Waals surface area (Å²) in [5.74, 6) is 2.63. The van der Waals surface area contributed by atoms with E-state index in [2.05, 4.69) is 53.8 Å². The minimum atomic E-state index is 0.496. The second-order valence-corrected chi connectivity index (χ2v) is 6.77. The number of nitrogens with zero attached hydrogens (tertiary/aromatic N) is 2. The van der Waals surface area contributed by atoms with Gasteiger partial charge in [-0.25, -0.2) is 4.99 Å². The van der Waals surface area contributed by atoms with E-state index in [4.69, 9.17) is 19.2 Å². The number of guanidine groups is 1. The molecule has 0 unspecified atom stereocenters. The van der Waals surface area contributed by atoms with Crippen molar-refractivity contribution in [1.82, 2.24) is 10.6 Å². The lowest BCUT2D eigenvalue weighted by atomic mass is 10.2. The van der Waals surface area contributed by atoms with Crippen LogP contribution in [0, 0.1) is 0 Å². The molecule has 0 aliphatic carbocycles. The fraction of sp³-hybridized carbons (Fsp3) is 0.435. The maximum Gasteiger partial charge on any atom is 0.203 e. The Labute approximate surface area is 180 Å². The van der Waals surface area contributed by atoms with E-state index < -0.39 is 0 Å². The zero-order valence-corrected chi connectivity index (χ0v) is 18.7. The van der Waals surface area contributed by atoms with Crippen LogP contribution in [0.5, 0.6) is 17.2 Å². The highest BCUT2D eigenvalue weighted by molar-refractivity contribution is 5.79. The van der Waals surface area contributed by atoms with Crippen LogP contribution >= 0.6 is 0 Å². The first kappa shape index (κ1) is 23.2. The molecule has 0 spiro atoms. The summed E-state index contributed by atoms with van der Waals surface area (Å²) >= 11 is 0. The van der Waals surface area contributed by atoms with E-state index in [-0.39, 0.29) is 0 Å². The zero-order valence-electron chi connectivity index (χ0n) is 18.7. The number of rotatable bonds is 11. The number of anilines is 1. The normalized spacial score (nSPS) is 11.0. The smallest absolute Gasteiger partial charge is 0.203 e. The summed E-state index contributed by atoms with van der Waals surface area (Å²) in [7, 11) is 6.94. The summed E-state index contributed by atoms with van der Waals surface area (Å²) in [6.45, 7) is 5.14. The van der Waals surface area contributed by atoms with Crippen molar-refractivity contribution in [3.63, 3.8) is 0 Å². The summed E-state index contributed by atoms with van der Waals surface area (Å²) in [6.07, 6.45) is 1.000. The molecule has 0 aromatic heterocycles. The Morgan fingerprint density at radius 2 is 1.63 bits per heavy atom. The van der Waals surface area contributed by atoms with E-state index in [1.54, 1.807) is 21.3 Å². The first-order chi connectivity index (χ1) is 14.6. The van der Waals surface area contributed by atoms with E-state index >= 15 is 0 Å². The number of aliphatic imine (C=N–C) groups is 1. The number of ether oxygens (including phenoxy) is 3. The fourth-order valence-electron chi connectivity index (χ4n) is 3.07. The van der Waals surface area contributed by atoms with Crippen LogP contribution < -0.4 is 29.7 Å². The summed E-state index contributed by atoms with van der Waals surface area (Å²) in [4.78, 5) is 6.95. The van der Waals surface area contributed by atoms with Crippen molar-refractivity contribution >= 4 is 11.6 Å². The molecule has 0 saturated heterocycles. The molecule has 7 nitrogen and oxygen atoms in total. The minimum absolute atomic E-state index is 0.496. The van der Waals surface area contributed by atoms with Crippen LogP contribution in [0.3, 0.4) is 0 Å². The Hall–Kier alpha value is -3.09. The summed E-state index contributed by atoms with van der Waals surface area (Å²) in [5.41, 5.74) is 2.20. The minimum Gasteiger partial charge on any atom is -0.493 e. The second kappa shape index (κ2) is 12.5. The predicted octanol–water partition coefficient (Wildman–Crippen LogP) is 3.29. The molecule has 7 heteroatoms. The van der Waals surface area contributed by atoms with Gasteiger partial charge in [0.25, 0.3) is 0 Å². The molecule has 0 radical (unpaired) electrons. The third-order valence-corrected chi connectivity index (χ3v) is 4.65. The standard InChI is InChI=1S/C23H34N4O3/c1-6-24-23(25-13-10-14-27(2)19-11-8-7-9-12-19)26-17-18-15-20(28-3)22(30-5)21(16-18)29-4/h7-9,11-12,15-16H,6,10,13-14,17H2,1-5H3,(H2,24,25,26). The first-order valence-electron chi connectivity index (χ1n) is 10.2. The predicted molar refractivity (Wildman–Crippen MR) is 123 cm³/mol. The third kappa shape index (κ3) is 6.76. The highest BCUT2D eigenvalue weighted by Gasteiger charge is 2.13. The van der Waals surface area contributed by atoms with Crippen molar-refractivity contribution in [2.24, 2.45) is 4.99 Å². The number of nitrogens with one attached hydrogen (secondary N) is 2. The van der Waals surface area contributed by atoms with Crippen LogP contribution in [0.1, 0.15) is 18.9 Å². The van der Waals surface area contributed by atoms with Gasteiger partial charge in [-0.05, 0) is 43.2 Å². The van der Waals surface area contributed by atoms with Gasteiger partial charge in [0.15, 0.2) is 17.5 Å². The molecule has 2 aromatic carbocycles. The van der Waals surface area contributed by atoms with Gasteiger partial charge < -0.3 is 29.7 Å². The molecular weight excluding hydrogens is 380 g/mol. The van der Waals surface area contributed by atoms with Crippen LogP contribution in [0.4, 0.5) is 5.69 Å². The lowest BCUT2D eigenvalue weighted by Gasteiger charge is -2.19. The molecule has 0 fully saturated rings. The first-order valence-corrected chi connectivity index (χ1v) is 10.2. The van der Waals surface area contributed by atoms with Crippen molar-refractivity contribution in [2.45, 2.75) is 19.9 Å². The molecular formula is C23H34N4O3. The van der Waals surface area contributed by atoms with Crippen molar-refractivity contribution in [1.29, 1.82) is 0 Å². The number of hydrogen-bond donors (Lipinski definition) is 2. The van der Waals surface area contributed by atoms with E-state index in [9.17, 15) is 0 Å². The average Bonchev–Trinajstić information content (AvgIpc) is 2.79. The topological polar surface area (TPSA) is 67.4 Å². The van der Waals surface area contributed by atoms with Crippen LogP contribution in [-0.4, -0.2) is 54.0 Å². The highest BCUT2D eigenvalue weighted by atomic mass is 16.5. The van der Waals surface area contributed by atoms with Crippen molar-refractivity contribution in [3.05, 3.63) is 48.0 Å². The molecule has 0 aliphatic rings. The van der Waals surface area contributed by atoms with E-state index in [0.29, 0.717) is 23.8 Å². The third-order valence-electron chi connectivity index (χ3n) is 4.65. The van der Waals surface area contributed by atoms with Gasteiger partial charge in [0.05, 0.1) is 27.9 Å². The van der Waals surface area contributed by atoms with Gasteiger partial charge in [0.2, 0.25) is 5.75 Å². The number of hydrogen-bond acceptors (Lipinski definition) is 5. The number of methoxy groups -OCH3 is 3. The molecule has 164 valence electrons. The SMILES string of the molecule is CCNC(=NCc1cc(OC)c(OC)c(OC)c1)NCCCN(C)c1ccccc1. The molecule has 0 atom stereocenters. The Balaban J connectivity index is 1.94. The molecule has 2 aromatic rings. The Bertz CT molecular complexity index is 771. The molecule has 2 rings (SSSR count). The summed E-state index contributed by atoms with van der Waals surface area (Å²) in [6, 6.07) is 14.2. The Kier molecular flexibility index (Phi) is 9.64. The fourth-order valence-corrected chi connectivity index (χ4v) is 3.07. The van der Waals surface area contributed by atoms with E-state index in [0.717, 1.165) is 37.6 Å². The maximum absolute atomic E-state index is 5.42. The molecule has 0 heterocycles.